The van der Waals surface area contributed by atoms with E-state index >= 15 is 0 Å². The zero-order valence-corrected chi connectivity index (χ0v) is 15.4. The summed E-state index contributed by atoms with van der Waals surface area (Å²) in [5.41, 5.74) is 4.38. The number of aryl methyl sites for hydroxylation is 2. The van der Waals surface area contributed by atoms with Crippen LogP contribution < -0.4 is 5.32 Å². The van der Waals surface area contributed by atoms with Crippen molar-refractivity contribution in [1.82, 2.24) is 24.4 Å². The first-order chi connectivity index (χ1) is 12.4. The van der Waals surface area contributed by atoms with Crippen molar-refractivity contribution in [3.63, 3.8) is 0 Å². The van der Waals surface area contributed by atoms with Crippen LogP contribution in [0.3, 0.4) is 0 Å². The van der Waals surface area contributed by atoms with Crippen molar-refractivity contribution in [3.8, 4) is 0 Å². The number of carbonyl (C=O) groups is 1. The van der Waals surface area contributed by atoms with Crippen molar-refractivity contribution in [2.45, 2.75) is 38.9 Å². The lowest BCUT2D eigenvalue weighted by Crippen LogP contribution is -2.37. The first-order valence-electron chi connectivity index (χ1n) is 8.67. The van der Waals surface area contributed by atoms with E-state index in [2.05, 4.69) is 15.4 Å². The fourth-order valence-corrected chi connectivity index (χ4v) is 4.27. The molecule has 138 valence electrons. The molecule has 8 nitrogen and oxygen atoms in total. The molecule has 2 aromatic heterocycles. The van der Waals surface area contributed by atoms with Crippen LogP contribution in [0, 0.1) is 0 Å². The Morgan fingerprint density at radius 3 is 2.92 bits per heavy atom. The molecular weight excluding hydrogens is 354 g/mol. The highest BCUT2D eigenvalue weighted by Crippen LogP contribution is 2.20. The van der Waals surface area contributed by atoms with Crippen molar-refractivity contribution < 1.29 is 13.2 Å². The van der Waals surface area contributed by atoms with Crippen LogP contribution in [-0.2, 0) is 42.5 Å². The number of nitrogens with one attached hydrogen (secondary N) is 1. The van der Waals surface area contributed by atoms with Gasteiger partial charge in [0.25, 0.3) is 5.91 Å². The van der Waals surface area contributed by atoms with Gasteiger partial charge in [-0.15, -0.1) is 0 Å². The number of rotatable bonds is 4. The van der Waals surface area contributed by atoms with Crippen LogP contribution >= 0.6 is 0 Å². The Hall–Kier alpha value is -2.26. The first-order valence-corrected chi connectivity index (χ1v) is 10.5. The molecule has 0 aromatic carbocycles. The second kappa shape index (κ2) is 6.48. The van der Waals surface area contributed by atoms with E-state index in [9.17, 15) is 13.2 Å². The van der Waals surface area contributed by atoms with Crippen molar-refractivity contribution in [3.05, 3.63) is 46.5 Å². The molecule has 1 amide bonds. The maximum absolute atomic E-state index is 12.4. The second-order valence-electron chi connectivity index (χ2n) is 6.81. The average Bonchev–Trinajstić information content (AvgIpc) is 3.23. The number of pyridine rings is 1. The van der Waals surface area contributed by atoms with Gasteiger partial charge in [-0.25, -0.2) is 8.42 Å². The minimum atomic E-state index is -3.21. The number of nitrogens with zero attached hydrogens (tertiary/aromatic N) is 4. The van der Waals surface area contributed by atoms with E-state index in [-0.39, 0.29) is 5.91 Å². The van der Waals surface area contributed by atoms with Gasteiger partial charge in [0.05, 0.1) is 42.8 Å². The molecule has 0 spiro atoms. The fraction of sp³-hybridized carbons (Fsp3) is 0.471. The molecule has 0 unspecified atom stereocenters. The lowest BCUT2D eigenvalue weighted by molar-refractivity contribution is 0.0950. The highest BCUT2D eigenvalue weighted by Gasteiger charge is 2.24. The molecule has 4 rings (SSSR count). The van der Waals surface area contributed by atoms with E-state index < -0.39 is 10.0 Å². The first kappa shape index (κ1) is 17.2. The van der Waals surface area contributed by atoms with Crippen molar-refractivity contribution in [1.29, 1.82) is 0 Å². The molecule has 1 N–H and O–H groups in total. The summed E-state index contributed by atoms with van der Waals surface area (Å²) >= 11 is 0. The normalized spacial score (nSPS) is 17.0. The minimum absolute atomic E-state index is 0.170. The molecule has 2 aromatic rings. The van der Waals surface area contributed by atoms with Crippen LogP contribution in [-0.4, -0.2) is 46.2 Å². The molecule has 0 saturated heterocycles. The Morgan fingerprint density at radius 2 is 2.12 bits per heavy atom. The van der Waals surface area contributed by atoms with E-state index in [0.29, 0.717) is 31.7 Å². The van der Waals surface area contributed by atoms with Gasteiger partial charge >= 0.3 is 0 Å². The van der Waals surface area contributed by atoms with E-state index in [1.54, 1.807) is 10.9 Å². The fourth-order valence-electron chi connectivity index (χ4n) is 3.49. The predicted octanol–water partition coefficient (Wildman–Crippen LogP) is 0.472. The molecule has 1 aliphatic heterocycles. The standard InChI is InChI=1S/C17H21N5O3S/c1-26(24,25)21-5-6-22-15(11-21)8-14(20-22)10-19-17(23)13-7-12-3-2-4-16(12)18-9-13/h7-9H,2-6,10-11H2,1H3,(H,19,23). The van der Waals surface area contributed by atoms with Crippen LogP contribution in [0.1, 0.15) is 39.4 Å². The smallest absolute Gasteiger partial charge is 0.253 e. The summed E-state index contributed by atoms with van der Waals surface area (Å²) in [6.07, 6.45) is 5.90. The minimum Gasteiger partial charge on any atom is -0.346 e. The Kier molecular flexibility index (Phi) is 4.28. The molecule has 9 heteroatoms. The topological polar surface area (TPSA) is 97.2 Å². The van der Waals surface area contributed by atoms with Crippen molar-refractivity contribution >= 4 is 15.9 Å². The van der Waals surface area contributed by atoms with Crippen molar-refractivity contribution in [2.24, 2.45) is 0 Å². The third-order valence-electron chi connectivity index (χ3n) is 4.89. The molecule has 3 heterocycles. The monoisotopic (exact) mass is 375 g/mol. The van der Waals surface area contributed by atoms with Crippen LogP contribution in [0.4, 0.5) is 0 Å². The molecule has 0 fully saturated rings. The quantitative estimate of drug-likeness (QED) is 0.838. The summed E-state index contributed by atoms with van der Waals surface area (Å²) in [7, 11) is -3.21. The van der Waals surface area contributed by atoms with Crippen LogP contribution in [0.15, 0.2) is 18.3 Å². The lowest BCUT2D eigenvalue weighted by atomic mass is 10.1. The number of carbonyl (C=O) groups excluding carboxylic acids is 1. The zero-order valence-electron chi connectivity index (χ0n) is 14.6. The Bertz CT molecular complexity index is 967. The molecule has 0 radical (unpaired) electrons. The average molecular weight is 375 g/mol. The Balaban J connectivity index is 1.41. The van der Waals surface area contributed by atoms with Crippen LogP contribution in [0.5, 0.6) is 0 Å². The molecule has 0 bridgehead atoms. The zero-order chi connectivity index (χ0) is 18.3. The van der Waals surface area contributed by atoms with Crippen molar-refractivity contribution in [2.75, 3.05) is 12.8 Å². The largest absolute Gasteiger partial charge is 0.346 e. The summed E-state index contributed by atoms with van der Waals surface area (Å²) in [5, 5.41) is 7.33. The summed E-state index contributed by atoms with van der Waals surface area (Å²) < 4.78 is 26.6. The highest BCUT2D eigenvalue weighted by molar-refractivity contribution is 7.88. The Labute approximate surface area is 152 Å². The molecule has 26 heavy (non-hydrogen) atoms. The van der Waals surface area contributed by atoms with Crippen LogP contribution in [0.25, 0.3) is 0 Å². The van der Waals surface area contributed by atoms with Gasteiger partial charge in [0.15, 0.2) is 0 Å². The number of hydrogen-bond donors (Lipinski definition) is 1. The van der Waals surface area contributed by atoms with E-state index in [4.69, 9.17) is 0 Å². The molecule has 1 aliphatic carbocycles. The van der Waals surface area contributed by atoms with E-state index in [1.165, 1.54) is 10.6 Å². The highest BCUT2D eigenvalue weighted by atomic mass is 32.2. The van der Waals surface area contributed by atoms with Gasteiger partial charge in [0, 0.05) is 18.4 Å². The number of sulfonamides is 1. The molecule has 0 atom stereocenters. The number of aromatic nitrogens is 3. The maximum atomic E-state index is 12.4. The number of hydrogen-bond acceptors (Lipinski definition) is 5. The van der Waals surface area contributed by atoms with Gasteiger partial charge in [-0.1, -0.05) is 0 Å². The number of amides is 1. The predicted molar refractivity (Wildman–Crippen MR) is 94.9 cm³/mol. The number of fused-ring (bicyclic) bond motifs is 2. The Morgan fingerprint density at radius 1 is 1.27 bits per heavy atom. The summed E-state index contributed by atoms with van der Waals surface area (Å²) in [6, 6.07) is 3.77. The second-order valence-corrected chi connectivity index (χ2v) is 8.80. The van der Waals surface area contributed by atoms with Gasteiger partial charge in [-0.2, -0.15) is 9.40 Å². The lowest BCUT2D eigenvalue weighted by Gasteiger charge is -2.25. The molecule has 2 aliphatic rings. The van der Waals surface area contributed by atoms with Crippen LogP contribution in [0.2, 0.25) is 0 Å². The van der Waals surface area contributed by atoms with Gasteiger partial charge in [-0.3, -0.25) is 14.5 Å². The van der Waals surface area contributed by atoms with Gasteiger partial charge in [-0.05, 0) is 37.0 Å². The molecule has 0 saturated carbocycles. The SMILES string of the molecule is CS(=O)(=O)N1CCn2nc(CNC(=O)c3cnc4c(c3)CCC4)cc2C1. The van der Waals surface area contributed by atoms with Gasteiger partial charge < -0.3 is 5.32 Å². The van der Waals surface area contributed by atoms with Gasteiger partial charge in [0.2, 0.25) is 10.0 Å². The summed E-state index contributed by atoms with van der Waals surface area (Å²) in [6.45, 7) is 1.55. The molecular formula is C17H21N5O3S. The third kappa shape index (κ3) is 3.36. The van der Waals surface area contributed by atoms with E-state index in [0.717, 1.165) is 41.9 Å². The summed E-state index contributed by atoms with van der Waals surface area (Å²) in [5.74, 6) is -0.170. The third-order valence-corrected chi connectivity index (χ3v) is 6.14. The maximum Gasteiger partial charge on any atom is 0.253 e. The summed E-state index contributed by atoms with van der Waals surface area (Å²) in [4.78, 5) is 16.7. The van der Waals surface area contributed by atoms with Gasteiger partial charge in [0.1, 0.15) is 0 Å². The van der Waals surface area contributed by atoms with E-state index in [1.807, 2.05) is 12.1 Å².